The number of hydrogen-bond donors (Lipinski definition) is 0. The second-order valence-corrected chi connectivity index (χ2v) is 1.73. The zero-order chi connectivity index (χ0) is 9.58. The minimum Gasteiger partial charge on any atom is -0.0776 e. The molecule has 0 N–H and O–H groups in total. The van der Waals surface area contributed by atoms with Crippen LogP contribution in [-0.2, 0) is 0 Å². The van der Waals surface area contributed by atoms with E-state index in [1.807, 2.05) is 41.5 Å². The van der Waals surface area contributed by atoms with Crippen LogP contribution in [0.4, 0.5) is 0 Å². The molecule has 0 amide bonds. The van der Waals surface area contributed by atoms with Crippen LogP contribution in [0.1, 0.15) is 69.7 Å². The molecule has 0 bridgehead atoms. The normalized spacial score (nSPS) is 4.50. The van der Waals surface area contributed by atoms with Gasteiger partial charge in [-0.25, -0.2) is 0 Å². The van der Waals surface area contributed by atoms with Crippen molar-refractivity contribution >= 4 is 0 Å². The molecule has 0 spiro atoms. The summed E-state index contributed by atoms with van der Waals surface area (Å²) in [5.41, 5.74) is 0. The van der Waals surface area contributed by atoms with Crippen LogP contribution < -0.4 is 0 Å². The van der Waals surface area contributed by atoms with E-state index < -0.39 is 0 Å². The number of rotatable bonds is 0. The van der Waals surface area contributed by atoms with Crippen molar-refractivity contribution in [3.8, 4) is 0 Å². The second-order valence-electron chi connectivity index (χ2n) is 1.73. The predicted octanol–water partition coefficient (Wildman–Crippen LogP) is 5.38. The zero-order valence-corrected chi connectivity index (χ0v) is 10.6. The Morgan fingerprint density at radius 3 is 0.583 bits per heavy atom. The Bertz CT molecular complexity index is 9.72. The first-order chi connectivity index (χ1) is 4.73. The average Bonchev–Trinajstić information content (AvgIpc) is 1.98. The molecule has 12 heavy (non-hydrogen) atoms. The zero-order valence-electron chi connectivity index (χ0n) is 9.93. The Hall–Kier alpha value is 1.26. The molecule has 0 aromatic rings. The average molecular weight is 204 g/mol. The van der Waals surface area contributed by atoms with E-state index in [0.29, 0.717) is 0 Å². The van der Waals surface area contributed by atoms with E-state index in [9.17, 15) is 0 Å². The van der Waals surface area contributed by atoms with Crippen LogP contribution in [-0.4, -0.2) is 0 Å². The summed E-state index contributed by atoms with van der Waals surface area (Å²) in [5, 5.41) is 0. The molecule has 0 fully saturated rings. The molecule has 0 nitrogen and oxygen atoms in total. The summed E-state index contributed by atoms with van der Waals surface area (Å²) >= 11 is 0. The van der Waals surface area contributed by atoms with Gasteiger partial charge in [-0.15, -0.1) is 0 Å². The molecule has 0 aliphatic rings. The maximum Gasteiger partial charge on any atom is 0 e. The molecule has 0 atom stereocenters. The van der Waals surface area contributed by atoms with Crippen LogP contribution in [0.25, 0.3) is 0 Å². The van der Waals surface area contributed by atoms with Gasteiger partial charge in [-0.05, 0) is 5.92 Å². The summed E-state index contributed by atoms with van der Waals surface area (Å²) < 4.78 is 0. The molecular weight excluding hydrogens is 172 g/mol. The molecule has 0 radical (unpaired) electrons. The summed E-state index contributed by atoms with van der Waals surface area (Å²) in [5.74, 6) is 0.833. The standard InChI is InChI=1S/C4H10.3C2H6.CH4.Ar/c1-4(2)3;3*1-2;;/h4H,1-3H3;3*1-2H3;1H4;. The van der Waals surface area contributed by atoms with Crippen molar-refractivity contribution in [1.29, 1.82) is 0 Å². The number of hydrogen-bond acceptors (Lipinski definition) is 0. The summed E-state index contributed by atoms with van der Waals surface area (Å²) in [4.78, 5) is 0. The molecule has 0 unspecified atom stereocenters. The molecule has 0 saturated heterocycles. The maximum atomic E-state index is 2.17. The van der Waals surface area contributed by atoms with Crippen molar-refractivity contribution in [2.24, 2.45) is 5.92 Å². The molecule has 0 rings (SSSR count). The Morgan fingerprint density at radius 1 is 0.583 bits per heavy atom. The van der Waals surface area contributed by atoms with Crippen LogP contribution in [0, 0.1) is 43.7 Å². The first-order valence-electron chi connectivity index (χ1n) is 4.73. The minimum atomic E-state index is 0. The van der Waals surface area contributed by atoms with Crippen molar-refractivity contribution < 1.29 is 37.7 Å². The van der Waals surface area contributed by atoms with Crippen LogP contribution in [0.15, 0.2) is 0 Å². The van der Waals surface area contributed by atoms with Crippen LogP contribution >= 0.6 is 0 Å². The first-order valence-corrected chi connectivity index (χ1v) is 4.73. The van der Waals surface area contributed by atoms with Crippen LogP contribution in [0.5, 0.6) is 0 Å². The summed E-state index contributed by atoms with van der Waals surface area (Å²) in [6, 6.07) is 0. The van der Waals surface area contributed by atoms with Crippen molar-refractivity contribution in [3.05, 3.63) is 0 Å². The molecule has 84 valence electrons. The van der Waals surface area contributed by atoms with Gasteiger partial charge < -0.3 is 0 Å². The minimum absolute atomic E-state index is 0. The van der Waals surface area contributed by atoms with Crippen molar-refractivity contribution in [2.45, 2.75) is 69.7 Å². The van der Waals surface area contributed by atoms with Gasteiger partial charge in [-0.3, -0.25) is 0 Å². The van der Waals surface area contributed by atoms with Gasteiger partial charge in [0.05, 0.1) is 0 Å². The maximum absolute atomic E-state index is 2.17. The monoisotopic (exact) mass is 204 g/mol. The van der Waals surface area contributed by atoms with E-state index in [-0.39, 0.29) is 45.2 Å². The fourth-order valence-electron chi connectivity index (χ4n) is 0. The summed E-state index contributed by atoms with van der Waals surface area (Å²) in [6.45, 7) is 18.5. The van der Waals surface area contributed by atoms with Gasteiger partial charge in [-0.1, -0.05) is 69.7 Å². The first kappa shape index (κ1) is 37.8. The van der Waals surface area contributed by atoms with E-state index in [0.717, 1.165) is 5.92 Å². The smallest absolute Gasteiger partial charge is 0 e. The quantitative estimate of drug-likeness (QED) is 0.497. The van der Waals surface area contributed by atoms with Gasteiger partial charge in [0.15, 0.2) is 0 Å². The molecule has 0 heterocycles. The van der Waals surface area contributed by atoms with E-state index in [1.165, 1.54) is 0 Å². The Kier molecular flexibility index (Phi) is 270. The Labute approximate surface area is 113 Å². The van der Waals surface area contributed by atoms with Crippen molar-refractivity contribution in [2.75, 3.05) is 0 Å². The van der Waals surface area contributed by atoms with Gasteiger partial charge in [-0.2, -0.15) is 0 Å². The van der Waals surface area contributed by atoms with E-state index >= 15 is 0 Å². The third kappa shape index (κ3) is 747. The molecule has 0 aromatic carbocycles. The molecule has 0 aromatic heterocycles. The van der Waals surface area contributed by atoms with E-state index in [4.69, 9.17) is 0 Å². The van der Waals surface area contributed by atoms with E-state index in [2.05, 4.69) is 20.8 Å². The summed E-state index contributed by atoms with van der Waals surface area (Å²) in [7, 11) is 0. The van der Waals surface area contributed by atoms with Gasteiger partial charge in [0.25, 0.3) is 0 Å². The van der Waals surface area contributed by atoms with E-state index in [1.54, 1.807) is 0 Å². The predicted molar refractivity (Wildman–Crippen MR) is 61.3 cm³/mol. The third-order valence-electron chi connectivity index (χ3n) is 0. The fraction of sp³-hybridized carbons (Fsp3) is 1.00. The van der Waals surface area contributed by atoms with Crippen LogP contribution in [0.3, 0.4) is 0 Å². The molecule has 0 aliphatic carbocycles. The van der Waals surface area contributed by atoms with Crippen molar-refractivity contribution in [1.82, 2.24) is 0 Å². The topological polar surface area (TPSA) is 0 Å². The Balaban J connectivity index is -0.0000000101. The molecule has 0 aliphatic heterocycles. The molecule has 1 heteroatoms. The van der Waals surface area contributed by atoms with Gasteiger partial charge >= 0.3 is 0 Å². The van der Waals surface area contributed by atoms with Gasteiger partial charge in [0, 0.05) is 37.7 Å². The molecular formula is C11H32Ar. The third-order valence-corrected chi connectivity index (χ3v) is 0. The fourth-order valence-corrected chi connectivity index (χ4v) is 0. The SMILES string of the molecule is C.CC.CC.CC.CC(C)C.[Ar]. The largest absolute Gasteiger partial charge is 0.0776 e. The van der Waals surface area contributed by atoms with Crippen LogP contribution in [0.2, 0.25) is 0 Å². The molecule has 0 saturated carbocycles. The summed E-state index contributed by atoms with van der Waals surface area (Å²) in [6.07, 6.45) is 0. The van der Waals surface area contributed by atoms with Gasteiger partial charge in [0.1, 0.15) is 0 Å². The second kappa shape index (κ2) is 85.7. The Morgan fingerprint density at radius 2 is 0.583 bits per heavy atom. The van der Waals surface area contributed by atoms with Gasteiger partial charge in [0.2, 0.25) is 0 Å². The van der Waals surface area contributed by atoms with Crippen molar-refractivity contribution in [3.63, 3.8) is 0 Å².